The highest BCUT2D eigenvalue weighted by molar-refractivity contribution is 6.34. The Hall–Kier alpha value is -2.98. The SMILES string of the molecule is O=C(c1cccc(C(F)(F)F)c1Cl)N1[C@H]2COC[C@@H]1c1nnc(-c3ccc(F)cc3)n1C2. The van der Waals surface area contributed by atoms with Gasteiger partial charge in [0.2, 0.25) is 0 Å². The molecule has 2 atom stereocenters. The summed E-state index contributed by atoms with van der Waals surface area (Å²) in [5, 5.41) is 7.79. The fourth-order valence-corrected chi connectivity index (χ4v) is 4.51. The topological polar surface area (TPSA) is 60.3 Å². The van der Waals surface area contributed by atoms with E-state index in [4.69, 9.17) is 16.3 Å². The molecule has 1 saturated heterocycles. The van der Waals surface area contributed by atoms with Gasteiger partial charge in [-0.25, -0.2) is 4.39 Å². The Morgan fingerprint density at radius 1 is 1.09 bits per heavy atom. The number of nitrogens with zero attached hydrogens (tertiary/aromatic N) is 4. The molecule has 0 saturated carbocycles. The van der Waals surface area contributed by atoms with Crippen molar-refractivity contribution in [3.8, 4) is 11.4 Å². The van der Waals surface area contributed by atoms with Crippen LogP contribution in [0.15, 0.2) is 42.5 Å². The van der Waals surface area contributed by atoms with E-state index in [-0.39, 0.29) is 31.1 Å². The van der Waals surface area contributed by atoms with Crippen molar-refractivity contribution in [3.05, 3.63) is 70.3 Å². The van der Waals surface area contributed by atoms with Crippen molar-refractivity contribution in [1.82, 2.24) is 19.7 Å². The van der Waals surface area contributed by atoms with E-state index >= 15 is 0 Å². The number of carbonyl (C=O) groups excluding carboxylic acids is 1. The van der Waals surface area contributed by atoms with Crippen LogP contribution >= 0.6 is 11.6 Å². The molecule has 1 fully saturated rings. The van der Waals surface area contributed by atoms with E-state index in [0.717, 1.165) is 12.1 Å². The van der Waals surface area contributed by atoms with Crippen molar-refractivity contribution in [2.24, 2.45) is 0 Å². The van der Waals surface area contributed by atoms with Gasteiger partial charge in [0, 0.05) is 12.1 Å². The van der Waals surface area contributed by atoms with E-state index in [1.54, 1.807) is 12.1 Å². The number of alkyl halides is 3. The van der Waals surface area contributed by atoms with E-state index in [2.05, 4.69) is 10.2 Å². The molecule has 6 nitrogen and oxygen atoms in total. The number of morpholine rings is 1. The van der Waals surface area contributed by atoms with E-state index in [1.807, 2.05) is 4.57 Å². The van der Waals surface area contributed by atoms with Crippen molar-refractivity contribution in [3.63, 3.8) is 0 Å². The van der Waals surface area contributed by atoms with Crippen LogP contribution < -0.4 is 0 Å². The highest BCUT2D eigenvalue weighted by Crippen LogP contribution is 2.40. The van der Waals surface area contributed by atoms with Gasteiger partial charge in [-0.3, -0.25) is 4.79 Å². The molecule has 166 valence electrons. The van der Waals surface area contributed by atoms with Gasteiger partial charge in [-0.05, 0) is 36.4 Å². The molecule has 0 unspecified atom stereocenters. The smallest absolute Gasteiger partial charge is 0.377 e. The molecule has 2 bridgehead atoms. The van der Waals surface area contributed by atoms with Crippen LogP contribution in [-0.2, 0) is 17.5 Å². The highest BCUT2D eigenvalue weighted by atomic mass is 35.5. The van der Waals surface area contributed by atoms with Gasteiger partial charge in [0.1, 0.15) is 11.9 Å². The number of carbonyl (C=O) groups is 1. The molecule has 1 aromatic heterocycles. The fourth-order valence-electron chi connectivity index (χ4n) is 4.20. The Morgan fingerprint density at radius 3 is 2.56 bits per heavy atom. The average Bonchev–Trinajstić information content (AvgIpc) is 3.16. The third kappa shape index (κ3) is 3.34. The minimum absolute atomic E-state index is 0.111. The number of hydrogen-bond donors (Lipinski definition) is 0. The molecule has 2 aliphatic rings. The third-order valence-electron chi connectivity index (χ3n) is 5.66. The minimum atomic E-state index is -4.68. The number of halogens is 5. The Balaban J connectivity index is 1.54. The molecule has 0 N–H and O–H groups in total. The molecule has 3 aromatic rings. The number of fused-ring (bicyclic) bond motifs is 4. The van der Waals surface area contributed by atoms with Gasteiger partial charge in [-0.1, -0.05) is 17.7 Å². The van der Waals surface area contributed by atoms with E-state index in [1.165, 1.54) is 23.1 Å². The van der Waals surface area contributed by atoms with Crippen LogP contribution in [-0.4, -0.2) is 44.8 Å². The molecule has 3 heterocycles. The third-order valence-corrected chi connectivity index (χ3v) is 6.06. The standard InChI is InChI=1S/C21H15ClF4N4O2/c22-17-14(2-1-3-15(17)21(24,25)26)20(31)30-13-8-29-18(11-4-6-12(23)7-5-11)27-28-19(29)16(30)10-32-9-13/h1-7,13,16H,8-10H2/t13-,16-/m1/s1. The quantitative estimate of drug-likeness (QED) is 0.527. The molecular weight excluding hydrogens is 452 g/mol. The van der Waals surface area contributed by atoms with E-state index in [9.17, 15) is 22.4 Å². The maximum atomic E-state index is 13.4. The zero-order valence-electron chi connectivity index (χ0n) is 16.3. The number of rotatable bonds is 2. The Labute approximate surface area is 184 Å². The molecule has 2 aliphatic heterocycles. The monoisotopic (exact) mass is 466 g/mol. The van der Waals surface area contributed by atoms with Crippen molar-refractivity contribution < 1.29 is 27.1 Å². The summed E-state index contributed by atoms with van der Waals surface area (Å²) in [6, 6.07) is 7.96. The predicted molar refractivity (Wildman–Crippen MR) is 105 cm³/mol. The highest BCUT2D eigenvalue weighted by Gasteiger charge is 2.45. The van der Waals surface area contributed by atoms with Gasteiger partial charge in [-0.15, -0.1) is 10.2 Å². The van der Waals surface area contributed by atoms with Crippen molar-refractivity contribution >= 4 is 17.5 Å². The van der Waals surface area contributed by atoms with E-state index < -0.39 is 34.8 Å². The van der Waals surface area contributed by atoms with Crippen LogP contribution in [0, 0.1) is 5.82 Å². The lowest BCUT2D eigenvalue weighted by atomic mass is 10.0. The number of benzene rings is 2. The normalized spacial score (nSPS) is 20.2. The number of ether oxygens (including phenoxy) is 1. The van der Waals surface area contributed by atoms with Crippen molar-refractivity contribution in [1.29, 1.82) is 0 Å². The summed E-state index contributed by atoms with van der Waals surface area (Å²) in [5.41, 5.74) is -0.639. The number of amides is 1. The number of hydrogen-bond acceptors (Lipinski definition) is 4. The maximum absolute atomic E-state index is 13.4. The summed E-state index contributed by atoms with van der Waals surface area (Å²) in [6.45, 7) is 0.577. The Bertz CT molecular complexity index is 1200. The Morgan fingerprint density at radius 2 is 1.84 bits per heavy atom. The van der Waals surface area contributed by atoms with Crippen LogP contribution in [0.1, 0.15) is 27.8 Å². The zero-order valence-corrected chi connectivity index (χ0v) is 17.1. The molecule has 1 amide bonds. The largest absolute Gasteiger partial charge is 0.417 e. The molecular formula is C21H15ClF4N4O2. The molecule has 11 heteroatoms. The van der Waals surface area contributed by atoms with Gasteiger partial charge in [-0.2, -0.15) is 13.2 Å². The summed E-state index contributed by atoms with van der Waals surface area (Å²) in [7, 11) is 0. The van der Waals surface area contributed by atoms with Gasteiger partial charge < -0.3 is 14.2 Å². The van der Waals surface area contributed by atoms with E-state index in [0.29, 0.717) is 17.2 Å². The van der Waals surface area contributed by atoms with Crippen LogP contribution in [0.25, 0.3) is 11.4 Å². The van der Waals surface area contributed by atoms with Gasteiger partial charge in [0.25, 0.3) is 5.91 Å². The van der Waals surface area contributed by atoms with Crippen molar-refractivity contribution in [2.75, 3.05) is 13.2 Å². The summed E-state index contributed by atoms with van der Waals surface area (Å²) in [5.74, 6) is -0.0538. The Kier molecular flexibility index (Phi) is 4.94. The summed E-state index contributed by atoms with van der Waals surface area (Å²) < 4.78 is 60.6. The maximum Gasteiger partial charge on any atom is 0.417 e. The minimum Gasteiger partial charge on any atom is -0.377 e. The van der Waals surface area contributed by atoms with Crippen LogP contribution in [0.5, 0.6) is 0 Å². The molecule has 32 heavy (non-hydrogen) atoms. The van der Waals surface area contributed by atoms with Gasteiger partial charge >= 0.3 is 6.18 Å². The summed E-state index contributed by atoms with van der Waals surface area (Å²) in [6.07, 6.45) is -4.68. The van der Waals surface area contributed by atoms with Crippen LogP contribution in [0.4, 0.5) is 17.6 Å². The first-order chi connectivity index (χ1) is 15.3. The zero-order chi connectivity index (χ0) is 22.6. The lowest BCUT2D eigenvalue weighted by Gasteiger charge is -2.45. The second kappa shape index (κ2) is 7.56. The molecule has 0 aliphatic carbocycles. The van der Waals surface area contributed by atoms with Gasteiger partial charge in [0.15, 0.2) is 11.6 Å². The van der Waals surface area contributed by atoms with Crippen LogP contribution in [0.3, 0.4) is 0 Å². The van der Waals surface area contributed by atoms with Crippen molar-refractivity contribution in [2.45, 2.75) is 24.8 Å². The molecule has 2 aromatic carbocycles. The predicted octanol–water partition coefficient (Wildman–Crippen LogP) is 4.35. The first-order valence-electron chi connectivity index (χ1n) is 9.71. The fraction of sp³-hybridized carbons (Fsp3) is 0.286. The number of aromatic nitrogens is 3. The summed E-state index contributed by atoms with van der Waals surface area (Å²) >= 11 is 6.00. The second-order valence-electron chi connectivity index (χ2n) is 7.58. The average molecular weight is 467 g/mol. The first kappa shape index (κ1) is 20.9. The molecule has 0 radical (unpaired) electrons. The lowest BCUT2D eigenvalue weighted by molar-refractivity contribution is -0.137. The molecule has 5 rings (SSSR count). The first-order valence-corrected chi connectivity index (χ1v) is 10.1. The lowest BCUT2D eigenvalue weighted by Crippen LogP contribution is -2.56. The molecule has 0 spiro atoms. The second-order valence-corrected chi connectivity index (χ2v) is 7.96. The van der Waals surface area contributed by atoms with Gasteiger partial charge in [0.05, 0.1) is 35.4 Å². The summed E-state index contributed by atoms with van der Waals surface area (Å²) in [4.78, 5) is 14.8. The van der Waals surface area contributed by atoms with Crippen LogP contribution in [0.2, 0.25) is 5.02 Å².